The molecule has 1 heterocycles. The SMILES string of the molecule is Nc1c(NCC2CC2)ccc(-c2ccc(CN3CCCC(F)C3)cc2)c1Cl. The van der Waals surface area contributed by atoms with Crippen molar-refractivity contribution in [3.63, 3.8) is 0 Å². The van der Waals surface area contributed by atoms with Crippen molar-refractivity contribution in [1.82, 2.24) is 4.90 Å². The van der Waals surface area contributed by atoms with Gasteiger partial charge >= 0.3 is 0 Å². The Bertz CT molecular complexity index is 789. The zero-order valence-electron chi connectivity index (χ0n) is 15.6. The summed E-state index contributed by atoms with van der Waals surface area (Å²) in [4.78, 5) is 2.19. The van der Waals surface area contributed by atoms with Crippen LogP contribution in [0.3, 0.4) is 0 Å². The number of nitrogen functional groups attached to an aromatic ring is 1. The molecule has 2 aromatic rings. The number of piperidine rings is 1. The Kier molecular flexibility index (Phi) is 5.55. The van der Waals surface area contributed by atoms with Gasteiger partial charge in [-0.25, -0.2) is 4.39 Å². The molecule has 1 aliphatic heterocycles. The van der Waals surface area contributed by atoms with E-state index in [0.29, 0.717) is 23.7 Å². The summed E-state index contributed by atoms with van der Waals surface area (Å²) >= 11 is 6.56. The van der Waals surface area contributed by atoms with Gasteiger partial charge in [0.2, 0.25) is 0 Å². The summed E-state index contributed by atoms with van der Waals surface area (Å²) in [5.74, 6) is 0.781. The zero-order valence-corrected chi connectivity index (χ0v) is 16.3. The molecule has 1 atom stereocenters. The lowest BCUT2D eigenvalue weighted by Crippen LogP contribution is -2.35. The van der Waals surface area contributed by atoms with Gasteiger partial charge in [0.15, 0.2) is 0 Å². The number of nitrogens with one attached hydrogen (secondary N) is 1. The van der Waals surface area contributed by atoms with Crippen LogP contribution in [-0.2, 0) is 6.54 Å². The Balaban J connectivity index is 1.45. The van der Waals surface area contributed by atoms with Gasteiger partial charge in [-0.05, 0) is 55.3 Å². The first kappa shape index (κ1) is 18.6. The molecule has 0 bridgehead atoms. The normalized spacial score (nSPS) is 20.6. The second-order valence-electron chi connectivity index (χ2n) is 7.88. The Labute approximate surface area is 165 Å². The summed E-state index contributed by atoms with van der Waals surface area (Å²) < 4.78 is 13.6. The van der Waals surface area contributed by atoms with Crippen LogP contribution in [0.4, 0.5) is 15.8 Å². The van der Waals surface area contributed by atoms with Crippen molar-refractivity contribution < 1.29 is 4.39 Å². The van der Waals surface area contributed by atoms with Gasteiger partial charge in [-0.2, -0.15) is 0 Å². The van der Waals surface area contributed by atoms with E-state index in [1.165, 1.54) is 18.4 Å². The minimum Gasteiger partial charge on any atom is -0.396 e. The molecule has 144 valence electrons. The van der Waals surface area contributed by atoms with Crippen molar-refractivity contribution in [1.29, 1.82) is 0 Å². The first-order valence-corrected chi connectivity index (χ1v) is 10.3. The molecule has 3 N–H and O–H groups in total. The molecule has 2 aliphatic rings. The van der Waals surface area contributed by atoms with Crippen molar-refractivity contribution in [2.24, 2.45) is 5.92 Å². The quantitative estimate of drug-likeness (QED) is 0.657. The largest absolute Gasteiger partial charge is 0.396 e. The molecule has 1 unspecified atom stereocenters. The molecule has 1 aliphatic carbocycles. The van der Waals surface area contributed by atoms with E-state index in [1.807, 2.05) is 12.1 Å². The van der Waals surface area contributed by atoms with Crippen molar-refractivity contribution in [3.8, 4) is 11.1 Å². The van der Waals surface area contributed by atoms with Gasteiger partial charge in [0, 0.05) is 25.2 Å². The fourth-order valence-corrected chi connectivity index (χ4v) is 4.01. The maximum atomic E-state index is 13.6. The highest BCUT2D eigenvalue weighted by Crippen LogP contribution is 2.38. The number of halogens is 2. The Morgan fingerprint density at radius 1 is 1.11 bits per heavy atom. The topological polar surface area (TPSA) is 41.3 Å². The molecule has 1 saturated carbocycles. The summed E-state index contributed by atoms with van der Waals surface area (Å²) in [6.07, 6.45) is 3.55. The van der Waals surface area contributed by atoms with Crippen LogP contribution in [-0.4, -0.2) is 30.7 Å². The zero-order chi connectivity index (χ0) is 18.8. The number of hydrogen-bond donors (Lipinski definition) is 2. The Morgan fingerprint density at radius 2 is 1.89 bits per heavy atom. The molecule has 2 aromatic carbocycles. The van der Waals surface area contributed by atoms with E-state index < -0.39 is 6.17 Å². The van der Waals surface area contributed by atoms with Gasteiger partial charge in [0.1, 0.15) is 6.17 Å². The highest BCUT2D eigenvalue weighted by Gasteiger charge is 2.21. The minimum absolute atomic E-state index is 0.541. The van der Waals surface area contributed by atoms with Gasteiger partial charge in [0.05, 0.1) is 16.4 Å². The van der Waals surface area contributed by atoms with Crippen molar-refractivity contribution in [3.05, 3.63) is 47.0 Å². The second-order valence-corrected chi connectivity index (χ2v) is 8.26. The number of hydrogen-bond acceptors (Lipinski definition) is 3. The lowest BCUT2D eigenvalue weighted by molar-refractivity contribution is 0.133. The second kappa shape index (κ2) is 8.07. The predicted octanol–water partition coefficient (Wildman–Crippen LogP) is 5.35. The monoisotopic (exact) mass is 387 g/mol. The maximum absolute atomic E-state index is 13.6. The first-order chi connectivity index (χ1) is 13.1. The number of nitrogens with zero attached hydrogens (tertiary/aromatic N) is 1. The van der Waals surface area contributed by atoms with E-state index >= 15 is 0 Å². The molecule has 4 rings (SSSR count). The number of nitrogens with two attached hydrogens (primary N) is 1. The van der Waals surface area contributed by atoms with Crippen LogP contribution < -0.4 is 11.1 Å². The summed E-state index contributed by atoms with van der Waals surface area (Å²) in [5, 5.41) is 4.00. The fourth-order valence-electron chi connectivity index (χ4n) is 3.74. The summed E-state index contributed by atoms with van der Waals surface area (Å²) in [6.45, 7) is 3.27. The third kappa shape index (κ3) is 4.56. The number of anilines is 2. The third-order valence-electron chi connectivity index (χ3n) is 5.58. The van der Waals surface area contributed by atoms with E-state index in [1.54, 1.807) is 0 Å². The number of alkyl halides is 1. The molecular weight excluding hydrogens is 361 g/mol. The maximum Gasteiger partial charge on any atom is 0.113 e. The summed E-state index contributed by atoms with van der Waals surface area (Å²) in [5.41, 5.74) is 11.0. The molecule has 1 saturated heterocycles. The highest BCUT2D eigenvalue weighted by molar-refractivity contribution is 6.36. The molecule has 0 spiro atoms. The van der Waals surface area contributed by atoms with Gasteiger partial charge in [-0.3, -0.25) is 4.90 Å². The van der Waals surface area contributed by atoms with Gasteiger partial charge in [-0.15, -0.1) is 0 Å². The molecule has 0 aromatic heterocycles. The van der Waals surface area contributed by atoms with Crippen LogP contribution in [0.15, 0.2) is 36.4 Å². The average Bonchev–Trinajstić information content (AvgIpc) is 3.48. The van der Waals surface area contributed by atoms with Crippen LogP contribution in [0, 0.1) is 5.92 Å². The molecule has 5 heteroatoms. The molecule has 2 fully saturated rings. The predicted molar refractivity (Wildman–Crippen MR) is 112 cm³/mol. The van der Waals surface area contributed by atoms with Crippen molar-refractivity contribution >= 4 is 23.0 Å². The average molecular weight is 388 g/mol. The standard InChI is InChI=1S/C22H27ClFN3/c23-21-19(9-10-20(22(21)25)26-12-15-3-4-15)17-7-5-16(6-8-17)13-27-11-1-2-18(24)14-27/h5-10,15,18,26H,1-4,11-14,25H2. The number of rotatable bonds is 6. The van der Waals surface area contributed by atoms with E-state index in [-0.39, 0.29) is 0 Å². The first-order valence-electron chi connectivity index (χ1n) is 9.87. The molecular formula is C22H27ClFN3. The van der Waals surface area contributed by atoms with Gasteiger partial charge in [-0.1, -0.05) is 41.9 Å². The van der Waals surface area contributed by atoms with Crippen molar-refractivity contribution in [2.45, 2.75) is 38.4 Å². The van der Waals surface area contributed by atoms with Crippen LogP contribution >= 0.6 is 11.6 Å². The van der Waals surface area contributed by atoms with Crippen LogP contribution in [0.5, 0.6) is 0 Å². The highest BCUT2D eigenvalue weighted by atomic mass is 35.5. The van der Waals surface area contributed by atoms with Gasteiger partial charge in [0.25, 0.3) is 0 Å². The van der Waals surface area contributed by atoms with Crippen LogP contribution in [0.25, 0.3) is 11.1 Å². The fraction of sp³-hybridized carbons (Fsp3) is 0.455. The van der Waals surface area contributed by atoms with E-state index in [9.17, 15) is 4.39 Å². The van der Waals surface area contributed by atoms with Crippen molar-refractivity contribution in [2.75, 3.05) is 30.7 Å². The molecule has 27 heavy (non-hydrogen) atoms. The summed E-state index contributed by atoms with van der Waals surface area (Å²) in [7, 11) is 0. The smallest absolute Gasteiger partial charge is 0.113 e. The van der Waals surface area contributed by atoms with Gasteiger partial charge < -0.3 is 11.1 Å². The number of benzene rings is 2. The van der Waals surface area contributed by atoms with E-state index in [4.69, 9.17) is 17.3 Å². The van der Waals surface area contributed by atoms with Crippen LogP contribution in [0.1, 0.15) is 31.2 Å². The van der Waals surface area contributed by atoms with E-state index in [2.05, 4.69) is 34.5 Å². The number of likely N-dealkylation sites (tertiary alicyclic amines) is 1. The molecule has 0 amide bonds. The molecule has 0 radical (unpaired) electrons. The third-order valence-corrected chi connectivity index (χ3v) is 5.98. The summed E-state index contributed by atoms with van der Waals surface area (Å²) in [6, 6.07) is 12.4. The Hall–Kier alpha value is -1.78. The minimum atomic E-state index is -0.688. The lowest BCUT2D eigenvalue weighted by atomic mass is 10.0. The van der Waals surface area contributed by atoms with E-state index in [0.717, 1.165) is 48.8 Å². The van der Waals surface area contributed by atoms with Crippen LogP contribution in [0.2, 0.25) is 5.02 Å². The Morgan fingerprint density at radius 3 is 2.59 bits per heavy atom. The molecule has 3 nitrogen and oxygen atoms in total. The lowest BCUT2D eigenvalue weighted by Gasteiger charge is -2.28.